The minimum absolute atomic E-state index is 0.239. The molecule has 1 aromatic carbocycles. The number of hydrogen-bond acceptors (Lipinski definition) is 3. The third-order valence-electron chi connectivity index (χ3n) is 2.79. The van der Waals surface area contributed by atoms with E-state index in [2.05, 4.69) is 19.2 Å². The maximum Gasteiger partial charge on any atom is 0.119 e. The Morgan fingerprint density at radius 2 is 1.83 bits per heavy atom. The molecule has 0 saturated carbocycles. The highest BCUT2D eigenvalue weighted by atomic mass is 35.5. The highest BCUT2D eigenvalue weighted by Crippen LogP contribution is 2.18. The average Bonchev–Trinajstić information content (AvgIpc) is 2.43. The Morgan fingerprint density at radius 3 is 2.33 bits per heavy atom. The van der Waals surface area contributed by atoms with E-state index in [1.807, 2.05) is 24.3 Å². The van der Waals surface area contributed by atoms with Crippen molar-refractivity contribution in [3.63, 3.8) is 0 Å². The number of benzene rings is 1. The molecule has 1 aromatic rings. The van der Waals surface area contributed by atoms with Crippen molar-refractivity contribution in [3.8, 4) is 5.75 Å². The van der Waals surface area contributed by atoms with Crippen LogP contribution >= 0.6 is 11.6 Å². The first-order valence-electron chi connectivity index (χ1n) is 6.44. The lowest BCUT2D eigenvalue weighted by Crippen LogP contribution is -2.20. The molecule has 2 N–H and O–H groups in total. The van der Waals surface area contributed by atoms with Crippen LogP contribution in [0.4, 0.5) is 5.69 Å². The molecule has 3 nitrogen and oxygen atoms in total. The predicted octanol–water partition coefficient (Wildman–Crippen LogP) is 3.27. The summed E-state index contributed by atoms with van der Waals surface area (Å²) in [6, 6.07) is 7.76. The van der Waals surface area contributed by atoms with Gasteiger partial charge < -0.3 is 15.2 Å². The molecule has 18 heavy (non-hydrogen) atoms. The van der Waals surface area contributed by atoms with Gasteiger partial charge in [-0.1, -0.05) is 13.8 Å². The number of ether oxygens (including phenoxy) is 1. The van der Waals surface area contributed by atoms with E-state index in [-0.39, 0.29) is 12.0 Å². The number of halogens is 1. The second-order valence-corrected chi connectivity index (χ2v) is 4.58. The molecular weight excluding hydrogens is 250 g/mol. The molecule has 0 aliphatic heterocycles. The highest BCUT2D eigenvalue weighted by molar-refractivity contribution is 6.18. The summed E-state index contributed by atoms with van der Waals surface area (Å²) in [6.45, 7) is 4.70. The van der Waals surface area contributed by atoms with Crippen LogP contribution in [0.2, 0.25) is 0 Å². The van der Waals surface area contributed by atoms with E-state index < -0.39 is 6.10 Å². The zero-order valence-corrected chi connectivity index (χ0v) is 11.8. The lowest BCUT2D eigenvalue weighted by molar-refractivity contribution is 0.193. The third kappa shape index (κ3) is 5.15. The summed E-state index contributed by atoms with van der Waals surface area (Å²) in [5.41, 5.74) is 0.955. The molecule has 1 atom stereocenters. The van der Waals surface area contributed by atoms with Crippen LogP contribution in [0.25, 0.3) is 0 Å². The maximum absolute atomic E-state index is 9.34. The van der Waals surface area contributed by atoms with Crippen LogP contribution in [0.1, 0.15) is 26.7 Å². The lowest BCUT2D eigenvalue weighted by Gasteiger charge is -2.16. The Kier molecular flexibility index (Phi) is 6.91. The second-order valence-electron chi connectivity index (χ2n) is 4.27. The lowest BCUT2D eigenvalue weighted by atomic mass is 10.2. The monoisotopic (exact) mass is 271 g/mol. The fraction of sp³-hybridized carbons (Fsp3) is 0.571. The molecule has 1 unspecified atom stereocenters. The number of nitrogens with one attached hydrogen (secondary N) is 1. The number of aliphatic hydroxyl groups is 1. The van der Waals surface area contributed by atoms with Gasteiger partial charge in [0, 0.05) is 12.2 Å². The molecule has 0 aromatic heterocycles. The first kappa shape index (κ1) is 15.1. The average molecular weight is 272 g/mol. The minimum Gasteiger partial charge on any atom is -0.490 e. The molecule has 0 bridgehead atoms. The molecule has 0 fully saturated rings. The Hall–Kier alpha value is -0.930. The van der Waals surface area contributed by atoms with Crippen molar-refractivity contribution >= 4 is 17.3 Å². The van der Waals surface area contributed by atoms with Gasteiger partial charge in [-0.2, -0.15) is 0 Å². The number of alkyl halides is 1. The van der Waals surface area contributed by atoms with Crippen LogP contribution in [0, 0.1) is 0 Å². The summed E-state index contributed by atoms with van der Waals surface area (Å²) in [5.74, 6) is 1.12. The van der Waals surface area contributed by atoms with Gasteiger partial charge in [-0.3, -0.25) is 0 Å². The van der Waals surface area contributed by atoms with E-state index in [1.165, 1.54) is 0 Å². The molecule has 102 valence electrons. The van der Waals surface area contributed by atoms with Crippen molar-refractivity contribution in [2.24, 2.45) is 0 Å². The van der Waals surface area contributed by atoms with Crippen molar-refractivity contribution in [1.82, 2.24) is 0 Å². The molecular formula is C14H22ClNO2. The van der Waals surface area contributed by atoms with E-state index in [0.29, 0.717) is 6.54 Å². The molecule has 0 heterocycles. The fourth-order valence-corrected chi connectivity index (χ4v) is 1.70. The minimum atomic E-state index is -0.521. The van der Waals surface area contributed by atoms with Crippen LogP contribution in [-0.2, 0) is 0 Å². The maximum atomic E-state index is 9.34. The summed E-state index contributed by atoms with van der Waals surface area (Å²) in [7, 11) is 0. The van der Waals surface area contributed by atoms with E-state index in [4.69, 9.17) is 16.3 Å². The Morgan fingerprint density at radius 1 is 1.22 bits per heavy atom. The second kappa shape index (κ2) is 8.22. The largest absolute Gasteiger partial charge is 0.490 e. The zero-order chi connectivity index (χ0) is 13.4. The molecule has 0 aliphatic carbocycles. The van der Waals surface area contributed by atoms with Crippen LogP contribution in [-0.4, -0.2) is 29.7 Å². The van der Waals surface area contributed by atoms with Gasteiger partial charge in [-0.05, 0) is 37.1 Å². The normalized spacial score (nSPS) is 12.5. The predicted molar refractivity (Wildman–Crippen MR) is 76.7 cm³/mol. The van der Waals surface area contributed by atoms with Crippen molar-refractivity contribution < 1.29 is 9.84 Å². The SMILES string of the molecule is CCC(CC)Oc1ccc(NCC(O)CCl)cc1. The number of rotatable bonds is 8. The van der Waals surface area contributed by atoms with Gasteiger partial charge in [-0.15, -0.1) is 11.6 Å². The third-order valence-corrected chi connectivity index (χ3v) is 3.14. The first-order valence-corrected chi connectivity index (χ1v) is 6.97. The highest BCUT2D eigenvalue weighted by Gasteiger charge is 2.05. The van der Waals surface area contributed by atoms with Crippen LogP contribution in [0.15, 0.2) is 24.3 Å². The van der Waals surface area contributed by atoms with Gasteiger partial charge in [0.2, 0.25) is 0 Å². The Balaban J connectivity index is 2.47. The smallest absolute Gasteiger partial charge is 0.119 e. The Bertz CT molecular complexity index is 325. The van der Waals surface area contributed by atoms with Crippen molar-refractivity contribution in [3.05, 3.63) is 24.3 Å². The molecule has 0 amide bonds. The summed E-state index contributed by atoms with van der Waals surface area (Å²) in [4.78, 5) is 0. The van der Waals surface area contributed by atoms with Gasteiger partial charge in [0.15, 0.2) is 0 Å². The van der Waals surface area contributed by atoms with E-state index in [9.17, 15) is 5.11 Å². The molecule has 0 aliphatic rings. The van der Waals surface area contributed by atoms with Gasteiger partial charge in [0.25, 0.3) is 0 Å². The van der Waals surface area contributed by atoms with E-state index in [1.54, 1.807) is 0 Å². The number of aliphatic hydroxyl groups excluding tert-OH is 1. The molecule has 0 spiro atoms. The van der Waals surface area contributed by atoms with Crippen LogP contribution < -0.4 is 10.1 Å². The first-order chi connectivity index (χ1) is 8.69. The van der Waals surface area contributed by atoms with Gasteiger partial charge in [0.05, 0.1) is 18.1 Å². The molecule has 0 saturated heterocycles. The van der Waals surface area contributed by atoms with Crippen LogP contribution in [0.3, 0.4) is 0 Å². The van der Waals surface area contributed by atoms with Crippen molar-refractivity contribution in [2.75, 3.05) is 17.7 Å². The molecule has 4 heteroatoms. The quantitative estimate of drug-likeness (QED) is 0.713. The summed E-state index contributed by atoms with van der Waals surface area (Å²) in [6.07, 6.45) is 1.78. The topological polar surface area (TPSA) is 41.5 Å². The van der Waals surface area contributed by atoms with Crippen molar-refractivity contribution in [1.29, 1.82) is 0 Å². The van der Waals surface area contributed by atoms with Crippen LogP contribution in [0.5, 0.6) is 5.75 Å². The molecule has 1 rings (SSSR count). The van der Waals surface area contributed by atoms with E-state index in [0.717, 1.165) is 24.3 Å². The summed E-state index contributed by atoms with van der Waals surface area (Å²) < 4.78 is 5.82. The molecule has 0 radical (unpaired) electrons. The Labute approximate surface area is 114 Å². The van der Waals surface area contributed by atoms with E-state index >= 15 is 0 Å². The van der Waals surface area contributed by atoms with Crippen molar-refractivity contribution in [2.45, 2.75) is 38.9 Å². The van der Waals surface area contributed by atoms with Gasteiger partial charge >= 0.3 is 0 Å². The fourth-order valence-electron chi connectivity index (χ4n) is 1.59. The summed E-state index contributed by atoms with van der Waals surface area (Å²) in [5, 5.41) is 12.5. The zero-order valence-electron chi connectivity index (χ0n) is 11.0. The summed E-state index contributed by atoms with van der Waals surface area (Å²) >= 11 is 5.52. The number of anilines is 1. The number of hydrogen-bond donors (Lipinski definition) is 2. The van der Waals surface area contributed by atoms with Gasteiger partial charge in [-0.25, -0.2) is 0 Å². The standard InChI is InChI=1S/C14H22ClNO2/c1-3-13(4-2)18-14-7-5-11(6-8-14)16-10-12(17)9-15/h5-8,12-13,16-17H,3-4,9-10H2,1-2H3. The van der Waals surface area contributed by atoms with Gasteiger partial charge in [0.1, 0.15) is 5.75 Å².